The summed E-state index contributed by atoms with van der Waals surface area (Å²) < 4.78 is 16.4. The Morgan fingerprint density at radius 3 is 2.12 bits per heavy atom. The van der Waals surface area contributed by atoms with Gasteiger partial charge in [-0.3, -0.25) is 0 Å². The number of hydrogen-bond acceptors (Lipinski definition) is 6. The Kier molecular flexibility index (Phi) is 11.5. The summed E-state index contributed by atoms with van der Waals surface area (Å²) in [4.78, 5) is 24.5. The van der Waals surface area contributed by atoms with Crippen LogP contribution in [0.15, 0.2) is 66.1 Å². The number of carbonyl (C=O) groups excluding carboxylic acids is 2. The molecule has 2 aromatic rings. The van der Waals surface area contributed by atoms with E-state index in [1.54, 1.807) is 11.8 Å². The number of thioether (sulfide) groups is 1. The quantitative estimate of drug-likeness (QED) is 0.164. The summed E-state index contributed by atoms with van der Waals surface area (Å²) in [5, 5.41) is 2.59. The van der Waals surface area contributed by atoms with Crippen molar-refractivity contribution >= 4 is 23.8 Å². The van der Waals surface area contributed by atoms with Gasteiger partial charge in [0.2, 0.25) is 0 Å². The van der Waals surface area contributed by atoms with Crippen LogP contribution < -0.4 is 10.1 Å². The first-order valence-corrected chi connectivity index (χ1v) is 12.5. The van der Waals surface area contributed by atoms with Crippen LogP contribution in [-0.2, 0) is 14.3 Å². The van der Waals surface area contributed by atoms with E-state index < -0.39 is 18.2 Å². The monoisotopic (exact) mass is 485 g/mol. The van der Waals surface area contributed by atoms with Crippen LogP contribution in [0.3, 0.4) is 0 Å². The molecule has 0 fully saturated rings. The number of hydrogen-bond donors (Lipinski definition) is 1. The summed E-state index contributed by atoms with van der Waals surface area (Å²) in [6.45, 7) is 12.3. The Bertz CT molecular complexity index is 854. The van der Waals surface area contributed by atoms with Gasteiger partial charge in [-0.1, -0.05) is 58.5 Å². The van der Waals surface area contributed by atoms with Gasteiger partial charge in [0.05, 0.1) is 6.54 Å². The molecule has 1 N–H and O–H groups in total. The molecule has 0 aliphatic carbocycles. The first-order valence-electron chi connectivity index (χ1n) is 11.5. The molecular formula is C27H35NO5S. The highest BCUT2D eigenvalue weighted by molar-refractivity contribution is 7.99. The lowest BCUT2D eigenvalue weighted by atomic mass is 10.0. The molecule has 0 spiro atoms. The molecule has 2 aromatic carbocycles. The number of nitrogens with one attached hydrogen (secondary N) is 1. The molecule has 6 nitrogen and oxygen atoms in total. The van der Waals surface area contributed by atoms with E-state index in [0.29, 0.717) is 17.6 Å². The van der Waals surface area contributed by atoms with Crippen LogP contribution >= 0.6 is 11.8 Å². The van der Waals surface area contributed by atoms with Crippen molar-refractivity contribution in [3.05, 3.63) is 72.3 Å². The number of amides is 1. The minimum Gasteiger partial charge on any atom is -0.490 e. The standard InChI is InChI=1S/C27H35NO5S/c1-6-26(29)31-16-15-28-27(30)33-24(17-32-23-11-7-21(8-12-23)19(2)3)18-34-25-13-9-22(10-14-25)20(4)5/h6-14,19-20,24H,1,15-18H2,2-5H3,(H,28,30). The van der Waals surface area contributed by atoms with Crippen LogP contribution in [0, 0.1) is 0 Å². The van der Waals surface area contributed by atoms with E-state index >= 15 is 0 Å². The molecule has 184 valence electrons. The highest BCUT2D eigenvalue weighted by Crippen LogP contribution is 2.24. The van der Waals surface area contributed by atoms with Gasteiger partial charge in [-0.25, -0.2) is 9.59 Å². The third kappa shape index (κ3) is 9.91. The summed E-state index contributed by atoms with van der Waals surface area (Å²) in [6.07, 6.45) is 0.00839. The van der Waals surface area contributed by atoms with E-state index in [0.717, 1.165) is 16.7 Å². The Labute approximate surface area is 207 Å². The van der Waals surface area contributed by atoms with E-state index in [-0.39, 0.29) is 19.8 Å². The fourth-order valence-corrected chi connectivity index (χ4v) is 3.82. The average molecular weight is 486 g/mol. The van der Waals surface area contributed by atoms with Crippen LogP contribution in [0.5, 0.6) is 5.75 Å². The number of carbonyl (C=O) groups is 2. The topological polar surface area (TPSA) is 73.9 Å². The van der Waals surface area contributed by atoms with E-state index in [1.807, 2.05) is 24.3 Å². The van der Waals surface area contributed by atoms with E-state index in [9.17, 15) is 9.59 Å². The predicted octanol–water partition coefficient (Wildman–Crippen LogP) is 5.93. The van der Waals surface area contributed by atoms with Crippen LogP contribution in [-0.4, -0.2) is 43.7 Å². The highest BCUT2D eigenvalue weighted by atomic mass is 32.2. The Morgan fingerprint density at radius 2 is 1.56 bits per heavy atom. The lowest BCUT2D eigenvalue weighted by Crippen LogP contribution is -2.35. The van der Waals surface area contributed by atoms with E-state index in [1.165, 1.54) is 11.1 Å². The molecule has 0 saturated heterocycles. The molecule has 1 amide bonds. The maximum atomic E-state index is 12.3. The molecule has 0 aromatic heterocycles. The molecule has 0 aliphatic rings. The number of benzene rings is 2. The van der Waals surface area contributed by atoms with Crippen LogP contribution in [0.4, 0.5) is 4.79 Å². The molecule has 0 aliphatic heterocycles. The Balaban J connectivity index is 1.93. The largest absolute Gasteiger partial charge is 0.490 e. The molecule has 1 unspecified atom stereocenters. The maximum Gasteiger partial charge on any atom is 0.407 e. The zero-order valence-electron chi connectivity index (χ0n) is 20.4. The minimum atomic E-state index is -0.589. The second kappa shape index (κ2) is 14.4. The van der Waals surface area contributed by atoms with Gasteiger partial charge in [-0.15, -0.1) is 11.8 Å². The van der Waals surface area contributed by atoms with Crippen molar-refractivity contribution in [1.82, 2.24) is 5.32 Å². The Morgan fingerprint density at radius 1 is 0.971 bits per heavy atom. The van der Waals surface area contributed by atoms with Crippen LogP contribution in [0.1, 0.15) is 50.7 Å². The van der Waals surface area contributed by atoms with Crippen molar-refractivity contribution in [2.75, 3.05) is 25.5 Å². The van der Waals surface area contributed by atoms with E-state index in [2.05, 4.69) is 63.9 Å². The zero-order chi connectivity index (χ0) is 24.9. The summed E-state index contributed by atoms with van der Waals surface area (Å²) >= 11 is 1.60. The lowest BCUT2D eigenvalue weighted by Gasteiger charge is -2.19. The number of esters is 1. The third-order valence-corrected chi connectivity index (χ3v) is 6.17. The molecule has 0 bridgehead atoms. The predicted molar refractivity (Wildman–Crippen MR) is 137 cm³/mol. The summed E-state index contributed by atoms with van der Waals surface area (Å²) in [7, 11) is 0. The fourth-order valence-electron chi connectivity index (χ4n) is 2.95. The van der Waals surface area contributed by atoms with Gasteiger partial charge in [0.15, 0.2) is 0 Å². The number of alkyl carbamates (subject to hydrolysis) is 1. The molecule has 1 atom stereocenters. The first-order chi connectivity index (χ1) is 16.3. The lowest BCUT2D eigenvalue weighted by molar-refractivity contribution is -0.137. The van der Waals surface area contributed by atoms with Gasteiger partial charge in [-0.2, -0.15) is 0 Å². The van der Waals surface area contributed by atoms with Crippen molar-refractivity contribution in [3.63, 3.8) is 0 Å². The second-order valence-electron chi connectivity index (χ2n) is 8.40. The van der Waals surface area contributed by atoms with Crippen molar-refractivity contribution in [2.45, 2.75) is 50.5 Å². The fraction of sp³-hybridized carbons (Fsp3) is 0.407. The average Bonchev–Trinajstić information content (AvgIpc) is 2.83. The van der Waals surface area contributed by atoms with Gasteiger partial charge < -0.3 is 19.5 Å². The normalized spacial score (nSPS) is 11.7. The van der Waals surface area contributed by atoms with Gasteiger partial charge in [0.1, 0.15) is 25.1 Å². The zero-order valence-corrected chi connectivity index (χ0v) is 21.2. The van der Waals surface area contributed by atoms with Crippen molar-refractivity contribution < 1.29 is 23.8 Å². The second-order valence-corrected chi connectivity index (χ2v) is 9.49. The van der Waals surface area contributed by atoms with Crippen LogP contribution in [0.25, 0.3) is 0 Å². The summed E-state index contributed by atoms with van der Waals surface area (Å²) in [5.41, 5.74) is 2.51. The maximum absolute atomic E-state index is 12.3. The number of ether oxygens (including phenoxy) is 3. The SMILES string of the molecule is C=CC(=O)OCCNC(=O)OC(COc1ccc(C(C)C)cc1)CSc1ccc(C(C)C)cc1. The third-order valence-electron chi connectivity index (χ3n) is 5.02. The molecule has 0 heterocycles. The van der Waals surface area contributed by atoms with Gasteiger partial charge in [0.25, 0.3) is 0 Å². The van der Waals surface area contributed by atoms with Crippen molar-refractivity contribution in [1.29, 1.82) is 0 Å². The van der Waals surface area contributed by atoms with Gasteiger partial charge in [0, 0.05) is 16.7 Å². The van der Waals surface area contributed by atoms with E-state index in [4.69, 9.17) is 14.2 Å². The summed E-state index contributed by atoms with van der Waals surface area (Å²) in [6, 6.07) is 16.3. The molecule has 34 heavy (non-hydrogen) atoms. The van der Waals surface area contributed by atoms with Gasteiger partial charge in [-0.05, 0) is 47.2 Å². The highest BCUT2D eigenvalue weighted by Gasteiger charge is 2.17. The van der Waals surface area contributed by atoms with Crippen LogP contribution in [0.2, 0.25) is 0 Å². The summed E-state index contributed by atoms with van der Waals surface area (Å²) in [5.74, 6) is 1.63. The number of rotatable bonds is 13. The van der Waals surface area contributed by atoms with Crippen molar-refractivity contribution in [3.8, 4) is 5.75 Å². The minimum absolute atomic E-state index is 0.0419. The molecule has 2 rings (SSSR count). The molecular weight excluding hydrogens is 450 g/mol. The molecule has 7 heteroatoms. The smallest absolute Gasteiger partial charge is 0.407 e. The van der Waals surface area contributed by atoms with Crippen molar-refractivity contribution in [2.24, 2.45) is 0 Å². The Hall–Kier alpha value is -2.93. The molecule has 0 saturated carbocycles. The molecule has 0 radical (unpaired) electrons. The van der Waals surface area contributed by atoms with Gasteiger partial charge >= 0.3 is 12.1 Å². The first kappa shape index (κ1) is 27.3.